The number of ether oxygens (including phenoxy) is 1. The number of carbonyl (C=O) groups is 3. The molecule has 1 aromatic carbocycles. The molecule has 2 bridgehead atoms. The highest BCUT2D eigenvalue weighted by molar-refractivity contribution is 6.09. The van der Waals surface area contributed by atoms with Crippen molar-refractivity contribution in [1.82, 2.24) is 4.90 Å². The van der Waals surface area contributed by atoms with Gasteiger partial charge in [0.25, 0.3) is 0 Å². The van der Waals surface area contributed by atoms with Gasteiger partial charge in [0.05, 0.1) is 11.8 Å². The molecule has 3 amide bonds. The van der Waals surface area contributed by atoms with Crippen LogP contribution in [0.4, 0.5) is 18.9 Å². The van der Waals surface area contributed by atoms with E-state index in [-0.39, 0.29) is 41.2 Å². The molecule has 1 aromatic rings. The summed E-state index contributed by atoms with van der Waals surface area (Å²) >= 11 is 0. The molecular formula is C20H17F3N2O4. The van der Waals surface area contributed by atoms with E-state index in [9.17, 15) is 27.6 Å². The van der Waals surface area contributed by atoms with Crippen molar-refractivity contribution in [3.8, 4) is 5.75 Å². The molecular weight excluding hydrogens is 389 g/mol. The Bertz CT molecular complexity index is 891. The van der Waals surface area contributed by atoms with Crippen molar-refractivity contribution in [3.05, 3.63) is 36.4 Å². The Morgan fingerprint density at radius 3 is 2.10 bits per heavy atom. The lowest BCUT2D eigenvalue weighted by atomic mass is 9.63. The minimum Gasteiger partial charge on any atom is -0.406 e. The van der Waals surface area contributed by atoms with Crippen LogP contribution in [0.1, 0.15) is 6.42 Å². The summed E-state index contributed by atoms with van der Waals surface area (Å²) in [5, 5.41) is 2.50. The topological polar surface area (TPSA) is 75.7 Å². The molecule has 152 valence electrons. The van der Waals surface area contributed by atoms with Crippen LogP contribution in [-0.2, 0) is 14.4 Å². The minimum atomic E-state index is -4.80. The number of amides is 3. The first kappa shape index (κ1) is 18.2. The predicted molar refractivity (Wildman–Crippen MR) is 93.2 cm³/mol. The van der Waals surface area contributed by atoms with E-state index in [1.807, 2.05) is 0 Å². The van der Waals surface area contributed by atoms with Gasteiger partial charge in [-0.1, -0.05) is 12.2 Å². The zero-order chi connectivity index (χ0) is 20.5. The average molecular weight is 406 g/mol. The van der Waals surface area contributed by atoms with Gasteiger partial charge < -0.3 is 10.1 Å². The number of alkyl halides is 3. The fourth-order valence-corrected chi connectivity index (χ4v) is 5.26. The smallest absolute Gasteiger partial charge is 0.406 e. The summed E-state index contributed by atoms with van der Waals surface area (Å²) in [6, 6.07) is 4.65. The predicted octanol–water partition coefficient (Wildman–Crippen LogP) is 2.58. The van der Waals surface area contributed by atoms with Gasteiger partial charge in [-0.15, -0.1) is 13.2 Å². The number of nitrogens with zero attached hydrogens (tertiary/aromatic N) is 1. The quantitative estimate of drug-likeness (QED) is 0.616. The van der Waals surface area contributed by atoms with Crippen LogP contribution >= 0.6 is 0 Å². The first-order valence-electron chi connectivity index (χ1n) is 9.42. The second-order valence-electron chi connectivity index (χ2n) is 8.04. The molecule has 1 heterocycles. The van der Waals surface area contributed by atoms with E-state index in [4.69, 9.17) is 0 Å². The number of imide groups is 1. The van der Waals surface area contributed by atoms with Crippen LogP contribution in [0.25, 0.3) is 0 Å². The second-order valence-corrected chi connectivity index (χ2v) is 8.04. The van der Waals surface area contributed by atoms with E-state index in [0.717, 1.165) is 23.5 Å². The van der Waals surface area contributed by atoms with Gasteiger partial charge in [0.2, 0.25) is 17.7 Å². The largest absolute Gasteiger partial charge is 0.573 e. The third-order valence-electron chi connectivity index (χ3n) is 6.43. The molecule has 6 nitrogen and oxygen atoms in total. The highest BCUT2D eigenvalue weighted by Gasteiger charge is 2.67. The van der Waals surface area contributed by atoms with Crippen molar-refractivity contribution in [2.24, 2.45) is 35.5 Å². The van der Waals surface area contributed by atoms with Gasteiger partial charge in [-0.2, -0.15) is 0 Å². The molecule has 0 spiro atoms. The van der Waals surface area contributed by atoms with Gasteiger partial charge in [-0.05, 0) is 54.4 Å². The normalized spacial score (nSPS) is 34.1. The molecule has 1 N–H and O–H groups in total. The maximum absolute atomic E-state index is 12.8. The number of hydrogen-bond acceptors (Lipinski definition) is 4. The van der Waals surface area contributed by atoms with Gasteiger partial charge in [0.15, 0.2) is 0 Å². The maximum atomic E-state index is 12.8. The van der Waals surface area contributed by atoms with Crippen LogP contribution in [-0.4, -0.2) is 35.5 Å². The molecule has 29 heavy (non-hydrogen) atoms. The Morgan fingerprint density at radius 1 is 1.03 bits per heavy atom. The number of likely N-dealkylation sites (tertiary alicyclic amines) is 1. The molecule has 0 unspecified atom stereocenters. The van der Waals surface area contributed by atoms with Gasteiger partial charge >= 0.3 is 6.36 Å². The Hall–Kier alpha value is -2.84. The van der Waals surface area contributed by atoms with Gasteiger partial charge in [-0.3, -0.25) is 19.3 Å². The van der Waals surface area contributed by atoms with Crippen LogP contribution < -0.4 is 10.1 Å². The lowest BCUT2D eigenvalue weighted by Crippen LogP contribution is -2.40. The molecule has 1 aliphatic heterocycles. The Morgan fingerprint density at radius 2 is 1.59 bits per heavy atom. The SMILES string of the molecule is O=C(CN1C(=O)[C@H]2[C@@H]3C=C[C@@H]([C@H]4C[C@H]34)[C@@H]2C1=O)Nc1ccc(OC(F)(F)F)cc1. The van der Waals surface area contributed by atoms with Crippen molar-refractivity contribution in [3.63, 3.8) is 0 Å². The van der Waals surface area contributed by atoms with Gasteiger partial charge in [0.1, 0.15) is 12.3 Å². The first-order valence-corrected chi connectivity index (χ1v) is 9.42. The summed E-state index contributed by atoms with van der Waals surface area (Å²) in [6.07, 6.45) is 0.371. The standard InChI is InChI=1S/C20H17F3N2O4/c21-20(22,23)29-10-3-1-9(2-4-10)24-15(26)8-25-18(27)16-11-5-6-12(14-7-13(11)14)17(16)19(25)28/h1-6,11-14,16-17H,7-8H2,(H,24,26)/t11-,12+,13-,14-,16+,17+/m1/s1. The van der Waals surface area contributed by atoms with Crippen LogP contribution in [0.15, 0.2) is 36.4 Å². The summed E-state index contributed by atoms with van der Waals surface area (Å²) in [6.45, 7) is -0.403. The molecule has 9 heteroatoms. The molecule has 0 radical (unpaired) electrons. The van der Waals surface area contributed by atoms with E-state index in [1.165, 1.54) is 12.1 Å². The van der Waals surface area contributed by atoms with E-state index in [0.29, 0.717) is 11.8 Å². The number of carbonyl (C=O) groups excluding carboxylic acids is 3. The molecule has 0 aromatic heterocycles. The van der Waals surface area contributed by atoms with Crippen LogP contribution in [0.5, 0.6) is 5.75 Å². The molecule has 6 atom stereocenters. The molecule has 2 saturated carbocycles. The van der Waals surface area contributed by atoms with Gasteiger partial charge in [-0.25, -0.2) is 0 Å². The minimum absolute atomic E-state index is 0.0840. The molecule has 3 fully saturated rings. The maximum Gasteiger partial charge on any atom is 0.573 e. The Kier molecular flexibility index (Phi) is 3.81. The fourth-order valence-electron chi connectivity index (χ4n) is 5.26. The number of anilines is 1. The third-order valence-corrected chi connectivity index (χ3v) is 6.43. The van der Waals surface area contributed by atoms with E-state index in [2.05, 4.69) is 22.2 Å². The highest BCUT2D eigenvalue weighted by Crippen LogP contribution is 2.65. The number of nitrogens with one attached hydrogen (secondary N) is 1. The lowest BCUT2D eigenvalue weighted by molar-refractivity contribution is -0.274. The summed E-state index contributed by atoms with van der Waals surface area (Å²) in [5.41, 5.74) is 0.240. The molecule has 5 aliphatic rings. The van der Waals surface area contributed by atoms with Crippen LogP contribution in [0.3, 0.4) is 0 Å². The second kappa shape index (κ2) is 6.08. The summed E-state index contributed by atoms with van der Waals surface area (Å²) in [5.74, 6) is -1.20. The highest BCUT2D eigenvalue weighted by atomic mass is 19.4. The van der Waals surface area contributed by atoms with Crippen LogP contribution in [0.2, 0.25) is 0 Å². The molecule has 4 aliphatic carbocycles. The number of rotatable bonds is 4. The van der Waals surface area contributed by atoms with Crippen molar-refractivity contribution in [2.75, 3.05) is 11.9 Å². The number of benzene rings is 1. The van der Waals surface area contributed by atoms with E-state index < -0.39 is 24.6 Å². The van der Waals surface area contributed by atoms with Gasteiger partial charge in [0, 0.05) is 5.69 Å². The Labute approximate surface area is 163 Å². The van der Waals surface area contributed by atoms with Crippen molar-refractivity contribution >= 4 is 23.4 Å². The zero-order valence-electron chi connectivity index (χ0n) is 15.1. The molecule has 6 rings (SSSR count). The Balaban J connectivity index is 1.24. The number of allylic oxidation sites excluding steroid dienone is 2. The van der Waals surface area contributed by atoms with Crippen LogP contribution in [0, 0.1) is 35.5 Å². The monoisotopic (exact) mass is 406 g/mol. The molecule has 1 saturated heterocycles. The van der Waals surface area contributed by atoms with Crippen molar-refractivity contribution in [1.29, 1.82) is 0 Å². The van der Waals surface area contributed by atoms with E-state index >= 15 is 0 Å². The van der Waals surface area contributed by atoms with Crippen molar-refractivity contribution < 1.29 is 32.3 Å². The average Bonchev–Trinajstić information content (AvgIpc) is 3.43. The van der Waals surface area contributed by atoms with Crippen molar-refractivity contribution in [2.45, 2.75) is 12.8 Å². The summed E-state index contributed by atoms with van der Waals surface area (Å²) in [4.78, 5) is 39.1. The first-order chi connectivity index (χ1) is 13.7. The summed E-state index contributed by atoms with van der Waals surface area (Å²) < 4.78 is 40.4. The zero-order valence-corrected chi connectivity index (χ0v) is 15.1. The summed E-state index contributed by atoms with van der Waals surface area (Å²) in [7, 11) is 0. The fraction of sp³-hybridized carbons (Fsp3) is 0.450. The third kappa shape index (κ3) is 2.99. The van der Waals surface area contributed by atoms with E-state index in [1.54, 1.807) is 0 Å². The lowest BCUT2D eigenvalue weighted by Gasteiger charge is -2.37. The number of halogens is 3. The number of hydrogen-bond donors (Lipinski definition) is 1.